The zero-order chi connectivity index (χ0) is 47.7. The first-order valence-corrected chi connectivity index (χ1v) is 25.4. The lowest BCUT2D eigenvalue weighted by molar-refractivity contribution is -0.149. The summed E-state index contributed by atoms with van der Waals surface area (Å²) in [6.07, 6.45) is 15.3. The summed E-state index contributed by atoms with van der Waals surface area (Å²) in [6.45, 7) is 10.4. The number of amides is 2. The maximum absolute atomic E-state index is 14.0. The third-order valence-corrected chi connectivity index (χ3v) is 16.1. The molecule has 3 aliphatic heterocycles. The fraction of sp³-hybridized carbons (Fsp3) is 0.536. The fourth-order valence-corrected chi connectivity index (χ4v) is 12.1. The molecule has 360 valence electrons. The molecule has 12 heteroatoms. The van der Waals surface area contributed by atoms with Crippen LogP contribution in [0.5, 0.6) is 0 Å². The number of nitrogens with one attached hydrogen (secondary N) is 2. The van der Waals surface area contributed by atoms with Crippen LogP contribution in [-0.4, -0.2) is 89.4 Å². The van der Waals surface area contributed by atoms with Crippen LogP contribution in [0.15, 0.2) is 70.6 Å². The van der Waals surface area contributed by atoms with Crippen molar-refractivity contribution in [2.45, 2.75) is 136 Å². The minimum absolute atomic E-state index is 0.0215. The largest absolute Gasteiger partial charge is 0.469 e. The number of benzene rings is 3. The van der Waals surface area contributed by atoms with Gasteiger partial charge in [-0.2, -0.15) is 0 Å². The number of methoxy groups -OCH3 is 2. The van der Waals surface area contributed by atoms with Gasteiger partial charge in [0.25, 0.3) is 5.56 Å². The van der Waals surface area contributed by atoms with Gasteiger partial charge in [-0.1, -0.05) is 89.4 Å². The molecule has 68 heavy (non-hydrogen) atoms. The van der Waals surface area contributed by atoms with Crippen LogP contribution < -0.4 is 10.9 Å². The number of carbonyl (C=O) groups is 3. The molecule has 12 nitrogen and oxygen atoms in total. The van der Waals surface area contributed by atoms with E-state index < -0.39 is 12.0 Å². The zero-order valence-electron chi connectivity index (χ0n) is 41.0. The number of alkyl carbamates (subject to hydrolysis) is 1. The van der Waals surface area contributed by atoms with Crippen molar-refractivity contribution in [2.75, 3.05) is 33.9 Å². The van der Waals surface area contributed by atoms with Crippen LogP contribution in [-0.2, 0) is 31.9 Å². The van der Waals surface area contributed by atoms with Crippen molar-refractivity contribution in [3.05, 3.63) is 93.7 Å². The molecule has 2 saturated heterocycles. The van der Waals surface area contributed by atoms with Crippen LogP contribution in [0.4, 0.5) is 4.79 Å². The molecule has 2 amide bonds. The highest BCUT2D eigenvalue weighted by Crippen LogP contribution is 2.53. The number of hydrogen-bond donors (Lipinski definition) is 2. The molecule has 0 unspecified atom stereocenters. The molecule has 1 spiro atoms. The molecule has 9 rings (SSSR count). The molecule has 0 bridgehead atoms. The second-order valence-electron chi connectivity index (χ2n) is 21.1. The number of rotatable bonds is 13. The van der Waals surface area contributed by atoms with Gasteiger partial charge in [-0.25, -0.2) is 9.78 Å². The van der Waals surface area contributed by atoms with E-state index >= 15 is 0 Å². The number of esters is 1. The molecule has 1 aromatic heterocycles. The third kappa shape index (κ3) is 9.67. The van der Waals surface area contributed by atoms with E-state index in [1.807, 2.05) is 37.1 Å². The summed E-state index contributed by atoms with van der Waals surface area (Å²) in [4.78, 5) is 70.1. The Kier molecular flexibility index (Phi) is 14.1. The normalized spacial score (nSPS) is 21.2. The van der Waals surface area contributed by atoms with Crippen LogP contribution in [0.2, 0.25) is 0 Å². The first-order chi connectivity index (χ1) is 32.8. The van der Waals surface area contributed by atoms with E-state index in [-0.39, 0.29) is 59.2 Å². The third-order valence-electron chi connectivity index (χ3n) is 16.1. The van der Waals surface area contributed by atoms with Crippen LogP contribution in [0.25, 0.3) is 38.7 Å². The monoisotopic (exact) mass is 923 g/mol. The van der Waals surface area contributed by atoms with Gasteiger partial charge in [-0.15, -0.1) is 0 Å². The van der Waals surface area contributed by atoms with Crippen molar-refractivity contribution in [1.29, 1.82) is 0 Å². The van der Waals surface area contributed by atoms with E-state index in [0.717, 1.165) is 80.3 Å². The van der Waals surface area contributed by atoms with E-state index in [4.69, 9.17) is 19.5 Å². The molecule has 4 aromatic rings. The highest BCUT2D eigenvalue weighted by atomic mass is 16.5. The number of aromatic amines is 1. The summed E-state index contributed by atoms with van der Waals surface area (Å²) >= 11 is 0. The highest BCUT2D eigenvalue weighted by molar-refractivity contribution is 6.03. The Bertz CT molecular complexity index is 2660. The Morgan fingerprint density at radius 3 is 2.13 bits per heavy atom. The number of aromatic nitrogens is 2. The first kappa shape index (κ1) is 47.4. The standard InChI is InChI=1S/C56H70N6O6/c1-34(2)42(29-51(63)67-5)54(65)62-26-12-8-13-49(62)47-28-39(32-57-47)36-15-17-37(18-16-36)40-20-21-41(45-31-56(30-44(40)45)23-9-10-24-56)38-19-22-46-43(27-38)53(64)60-52(58-46)50-14-7-11-25-61(50)33-48(35(3)4)59-55(66)68-6/h15-22,27,32,34-35,42,48-50H,7-14,23-26,28-31,33H2,1-6H3,(H,59,66)(H,58,60,64)/t42-,48+,49-,50-/m0/s1. The molecule has 3 aromatic carbocycles. The van der Waals surface area contributed by atoms with Crippen LogP contribution >= 0.6 is 0 Å². The average molecular weight is 923 g/mol. The minimum Gasteiger partial charge on any atom is -0.469 e. The second-order valence-corrected chi connectivity index (χ2v) is 21.1. The molecule has 4 atom stereocenters. The summed E-state index contributed by atoms with van der Waals surface area (Å²) in [5.41, 5.74) is 11.7. The molecule has 2 N–H and O–H groups in total. The molecule has 4 heterocycles. The van der Waals surface area contributed by atoms with Crippen molar-refractivity contribution in [2.24, 2.45) is 28.2 Å². The van der Waals surface area contributed by atoms with Gasteiger partial charge in [-0.3, -0.25) is 24.3 Å². The lowest BCUT2D eigenvalue weighted by atomic mass is 9.82. The summed E-state index contributed by atoms with van der Waals surface area (Å²) in [7, 11) is 2.77. The average Bonchev–Trinajstić information content (AvgIpc) is 4.13. The van der Waals surface area contributed by atoms with Gasteiger partial charge in [0, 0.05) is 37.5 Å². The molecular formula is C56H70N6O6. The maximum Gasteiger partial charge on any atom is 0.407 e. The van der Waals surface area contributed by atoms with Gasteiger partial charge in [-0.05, 0) is 138 Å². The van der Waals surface area contributed by atoms with Gasteiger partial charge < -0.3 is 24.7 Å². The number of hydrogen-bond acceptors (Lipinski definition) is 9. The van der Waals surface area contributed by atoms with E-state index in [1.165, 1.54) is 67.7 Å². The van der Waals surface area contributed by atoms with Gasteiger partial charge >= 0.3 is 12.1 Å². The molecule has 0 radical (unpaired) electrons. The summed E-state index contributed by atoms with van der Waals surface area (Å²) < 4.78 is 9.88. The Morgan fingerprint density at radius 2 is 1.46 bits per heavy atom. The van der Waals surface area contributed by atoms with Crippen LogP contribution in [0.3, 0.4) is 0 Å². The zero-order valence-corrected chi connectivity index (χ0v) is 41.0. The van der Waals surface area contributed by atoms with Crippen molar-refractivity contribution in [1.82, 2.24) is 25.1 Å². The number of ether oxygens (including phenoxy) is 2. The summed E-state index contributed by atoms with van der Waals surface area (Å²) in [5.74, 6) is 0.170. The van der Waals surface area contributed by atoms with Crippen molar-refractivity contribution < 1.29 is 23.9 Å². The molecule has 5 aliphatic rings. The van der Waals surface area contributed by atoms with Crippen molar-refractivity contribution >= 4 is 40.2 Å². The summed E-state index contributed by atoms with van der Waals surface area (Å²) in [5, 5.41) is 3.61. The number of likely N-dealkylation sites (tertiary alicyclic amines) is 2. The van der Waals surface area contributed by atoms with Crippen molar-refractivity contribution in [3.63, 3.8) is 0 Å². The Hall–Kier alpha value is -5.62. The number of aliphatic imine (C=N–C) groups is 1. The Labute approximate surface area is 401 Å². The van der Waals surface area contributed by atoms with E-state index in [0.29, 0.717) is 36.2 Å². The topological polar surface area (TPSA) is 146 Å². The fourth-order valence-electron chi connectivity index (χ4n) is 12.1. The summed E-state index contributed by atoms with van der Waals surface area (Å²) in [6, 6.07) is 19.5. The van der Waals surface area contributed by atoms with Gasteiger partial charge in [0.1, 0.15) is 5.82 Å². The van der Waals surface area contributed by atoms with E-state index in [9.17, 15) is 19.2 Å². The number of allylic oxidation sites excluding steroid dienone is 1. The Balaban J connectivity index is 0.948. The minimum atomic E-state index is -0.434. The van der Waals surface area contributed by atoms with E-state index in [2.05, 4.69) is 71.5 Å². The second kappa shape index (κ2) is 20.2. The predicted octanol–water partition coefficient (Wildman–Crippen LogP) is 10.2. The maximum atomic E-state index is 14.0. The van der Waals surface area contributed by atoms with Crippen LogP contribution in [0, 0.1) is 23.2 Å². The van der Waals surface area contributed by atoms with Crippen molar-refractivity contribution in [3.8, 4) is 22.3 Å². The first-order valence-electron chi connectivity index (χ1n) is 25.4. The lowest BCUT2D eigenvalue weighted by Gasteiger charge is -2.38. The molecule has 2 aliphatic carbocycles. The SMILES string of the molecule is COC(=O)C[C@H](C(=O)N1CCCC[C@H]1C1=NC=C(c2ccc(-c3ccc(-c4ccc5nc([C@@H]6CCCCN6C[C@@H](NC(=O)OC)C(C)C)[nH]c(=O)c5c4)c4c3CC3(CCCC3)C4)cc2)C1)C(C)C. The number of H-pyrrole nitrogens is 1. The Morgan fingerprint density at radius 1 is 0.794 bits per heavy atom. The highest BCUT2D eigenvalue weighted by Gasteiger charge is 2.42. The molecular weight excluding hydrogens is 853 g/mol. The molecule has 3 fully saturated rings. The number of fused-ring (bicyclic) bond motifs is 2. The van der Waals surface area contributed by atoms with Crippen LogP contribution in [0.1, 0.15) is 133 Å². The smallest absolute Gasteiger partial charge is 0.407 e. The number of nitrogens with zero attached hydrogens (tertiary/aromatic N) is 4. The number of piperidine rings is 2. The number of carbonyl (C=O) groups excluding carboxylic acids is 3. The predicted molar refractivity (Wildman–Crippen MR) is 268 cm³/mol. The lowest BCUT2D eigenvalue weighted by Crippen LogP contribution is -2.51. The quantitative estimate of drug-likeness (QED) is 0.126. The van der Waals surface area contributed by atoms with Gasteiger partial charge in [0.2, 0.25) is 5.91 Å². The molecule has 1 saturated carbocycles. The van der Waals surface area contributed by atoms with Gasteiger partial charge in [0.05, 0.1) is 49.5 Å². The van der Waals surface area contributed by atoms with Gasteiger partial charge in [0.15, 0.2) is 0 Å². The van der Waals surface area contributed by atoms with E-state index in [1.54, 1.807) is 0 Å².